The molecular formula is C15H15BrClNO. The van der Waals surface area contributed by atoms with E-state index in [1.807, 2.05) is 42.5 Å². The van der Waals surface area contributed by atoms with Crippen LogP contribution in [0.5, 0.6) is 5.75 Å². The van der Waals surface area contributed by atoms with Crippen LogP contribution in [0.4, 0.5) is 0 Å². The first-order valence-corrected chi connectivity index (χ1v) is 7.11. The van der Waals surface area contributed by atoms with E-state index in [4.69, 9.17) is 22.1 Å². The van der Waals surface area contributed by atoms with Gasteiger partial charge in [-0.05, 0) is 30.2 Å². The van der Waals surface area contributed by atoms with E-state index in [-0.39, 0.29) is 6.04 Å². The Labute approximate surface area is 126 Å². The molecule has 0 saturated heterocycles. The van der Waals surface area contributed by atoms with E-state index >= 15 is 0 Å². The average molecular weight is 341 g/mol. The second-order valence-corrected chi connectivity index (χ2v) is 5.61. The fourth-order valence-corrected chi connectivity index (χ4v) is 2.76. The molecule has 2 aromatic rings. The number of nitrogens with two attached hydrogens (primary N) is 1. The van der Waals surface area contributed by atoms with Crippen molar-refractivity contribution < 1.29 is 4.74 Å². The van der Waals surface area contributed by atoms with Crippen LogP contribution in [0.15, 0.2) is 46.9 Å². The molecule has 2 nitrogen and oxygen atoms in total. The topological polar surface area (TPSA) is 35.2 Å². The van der Waals surface area contributed by atoms with Gasteiger partial charge in [-0.1, -0.05) is 51.8 Å². The molecule has 0 aromatic heterocycles. The molecule has 0 saturated carbocycles. The lowest BCUT2D eigenvalue weighted by Crippen LogP contribution is -2.14. The van der Waals surface area contributed by atoms with Gasteiger partial charge in [0, 0.05) is 21.1 Å². The molecule has 0 aliphatic heterocycles. The minimum atomic E-state index is -0.144. The van der Waals surface area contributed by atoms with Crippen molar-refractivity contribution in [3.05, 3.63) is 63.1 Å². The van der Waals surface area contributed by atoms with Crippen LogP contribution in [-0.4, -0.2) is 7.11 Å². The van der Waals surface area contributed by atoms with Crippen LogP contribution in [0.25, 0.3) is 0 Å². The summed E-state index contributed by atoms with van der Waals surface area (Å²) in [7, 11) is 1.65. The number of hydrogen-bond donors (Lipinski definition) is 1. The molecule has 2 aromatic carbocycles. The number of ether oxygens (including phenoxy) is 1. The molecule has 0 fully saturated rings. The van der Waals surface area contributed by atoms with Crippen LogP contribution in [0, 0.1) is 0 Å². The van der Waals surface area contributed by atoms with Crippen molar-refractivity contribution in [2.75, 3.05) is 7.11 Å². The predicted molar refractivity (Wildman–Crippen MR) is 82.8 cm³/mol. The van der Waals surface area contributed by atoms with E-state index in [0.29, 0.717) is 6.42 Å². The molecule has 1 unspecified atom stereocenters. The Kier molecular flexibility index (Phi) is 4.86. The van der Waals surface area contributed by atoms with Crippen LogP contribution in [-0.2, 0) is 6.42 Å². The van der Waals surface area contributed by atoms with Gasteiger partial charge in [0.1, 0.15) is 5.75 Å². The quantitative estimate of drug-likeness (QED) is 0.898. The molecule has 1 atom stereocenters. The lowest BCUT2D eigenvalue weighted by Gasteiger charge is -2.16. The Morgan fingerprint density at radius 3 is 2.68 bits per heavy atom. The van der Waals surface area contributed by atoms with Crippen molar-refractivity contribution in [2.45, 2.75) is 12.5 Å². The third kappa shape index (κ3) is 3.50. The third-order valence-electron chi connectivity index (χ3n) is 2.99. The SMILES string of the molecule is COc1ccccc1C(N)Cc1ccc(Br)cc1Cl. The van der Waals surface area contributed by atoms with E-state index in [0.717, 1.165) is 26.4 Å². The van der Waals surface area contributed by atoms with Gasteiger partial charge in [0.15, 0.2) is 0 Å². The smallest absolute Gasteiger partial charge is 0.123 e. The molecule has 0 heterocycles. The Bertz CT molecular complexity index is 574. The van der Waals surface area contributed by atoms with Gasteiger partial charge < -0.3 is 10.5 Å². The van der Waals surface area contributed by atoms with Crippen molar-refractivity contribution in [3.63, 3.8) is 0 Å². The number of methoxy groups -OCH3 is 1. The van der Waals surface area contributed by atoms with E-state index in [1.165, 1.54) is 0 Å². The van der Waals surface area contributed by atoms with Crippen LogP contribution >= 0.6 is 27.5 Å². The highest BCUT2D eigenvalue weighted by Gasteiger charge is 2.13. The first-order chi connectivity index (χ1) is 9.11. The number of hydrogen-bond acceptors (Lipinski definition) is 2. The van der Waals surface area contributed by atoms with Crippen molar-refractivity contribution in [1.82, 2.24) is 0 Å². The summed E-state index contributed by atoms with van der Waals surface area (Å²) in [5.74, 6) is 0.809. The molecular weight excluding hydrogens is 326 g/mol. The van der Waals surface area contributed by atoms with Crippen molar-refractivity contribution in [3.8, 4) is 5.75 Å². The van der Waals surface area contributed by atoms with E-state index < -0.39 is 0 Å². The van der Waals surface area contributed by atoms with Gasteiger partial charge in [-0.25, -0.2) is 0 Å². The molecule has 19 heavy (non-hydrogen) atoms. The van der Waals surface area contributed by atoms with E-state index in [1.54, 1.807) is 7.11 Å². The maximum Gasteiger partial charge on any atom is 0.123 e. The Morgan fingerprint density at radius 1 is 1.26 bits per heavy atom. The van der Waals surface area contributed by atoms with Gasteiger partial charge >= 0.3 is 0 Å². The molecule has 2 rings (SSSR count). The summed E-state index contributed by atoms with van der Waals surface area (Å²) < 4.78 is 6.30. The van der Waals surface area contributed by atoms with Crippen molar-refractivity contribution in [2.24, 2.45) is 5.73 Å². The monoisotopic (exact) mass is 339 g/mol. The normalized spacial score (nSPS) is 12.2. The van der Waals surface area contributed by atoms with Crippen LogP contribution in [0.2, 0.25) is 5.02 Å². The zero-order chi connectivity index (χ0) is 13.8. The highest BCUT2D eigenvalue weighted by molar-refractivity contribution is 9.10. The summed E-state index contributed by atoms with van der Waals surface area (Å²) in [6.07, 6.45) is 0.673. The number of rotatable bonds is 4. The fourth-order valence-electron chi connectivity index (χ4n) is 2.01. The number of para-hydroxylation sites is 1. The average Bonchev–Trinajstić information content (AvgIpc) is 2.41. The molecule has 100 valence electrons. The summed E-state index contributed by atoms with van der Waals surface area (Å²) in [6.45, 7) is 0. The zero-order valence-electron chi connectivity index (χ0n) is 10.6. The Balaban J connectivity index is 2.23. The maximum atomic E-state index is 6.26. The molecule has 0 spiro atoms. The highest BCUT2D eigenvalue weighted by atomic mass is 79.9. The third-order valence-corrected chi connectivity index (χ3v) is 3.84. The largest absolute Gasteiger partial charge is 0.496 e. The van der Waals surface area contributed by atoms with Gasteiger partial charge in [0.2, 0.25) is 0 Å². The first-order valence-electron chi connectivity index (χ1n) is 5.94. The fraction of sp³-hybridized carbons (Fsp3) is 0.200. The molecule has 0 radical (unpaired) electrons. The number of benzene rings is 2. The highest BCUT2D eigenvalue weighted by Crippen LogP contribution is 2.29. The first kappa shape index (κ1) is 14.4. The van der Waals surface area contributed by atoms with Gasteiger partial charge in [-0.2, -0.15) is 0 Å². The minimum absolute atomic E-state index is 0.144. The zero-order valence-corrected chi connectivity index (χ0v) is 12.9. The number of halogens is 2. The standard InChI is InChI=1S/C15H15BrClNO/c1-19-15-5-3-2-4-12(15)14(18)8-10-6-7-11(16)9-13(10)17/h2-7,9,14H,8,18H2,1H3. The summed E-state index contributed by atoms with van der Waals surface area (Å²) in [5.41, 5.74) is 8.28. The van der Waals surface area contributed by atoms with Gasteiger partial charge in [-0.3, -0.25) is 0 Å². The molecule has 0 amide bonds. The van der Waals surface area contributed by atoms with Crippen LogP contribution in [0.1, 0.15) is 17.2 Å². The molecule has 0 aliphatic carbocycles. The van der Waals surface area contributed by atoms with E-state index in [2.05, 4.69) is 15.9 Å². The molecule has 0 aliphatic rings. The van der Waals surface area contributed by atoms with Crippen molar-refractivity contribution >= 4 is 27.5 Å². The van der Waals surface area contributed by atoms with Crippen LogP contribution in [0.3, 0.4) is 0 Å². The lowest BCUT2D eigenvalue weighted by molar-refractivity contribution is 0.405. The minimum Gasteiger partial charge on any atom is -0.496 e. The van der Waals surface area contributed by atoms with Gasteiger partial charge in [0.05, 0.1) is 7.11 Å². The van der Waals surface area contributed by atoms with Crippen molar-refractivity contribution in [1.29, 1.82) is 0 Å². The van der Waals surface area contributed by atoms with Gasteiger partial charge in [-0.15, -0.1) is 0 Å². The second kappa shape index (κ2) is 6.42. The summed E-state index contributed by atoms with van der Waals surface area (Å²) in [4.78, 5) is 0. The Hall–Kier alpha value is -1.03. The summed E-state index contributed by atoms with van der Waals surface area (Å²) in [6, 6.07) is 13.5. The molecule has 2 N–H and O–H groups in total. The van der Waals surface area contributed by atoms with E-state index in [9.17, 15) is 0 Å². The molecule has 4 heteroatoms. The van der Waals surface area contributed by atoms with Crippen LogP contribution < -0.4 is 10.5 Å². The predicted octanol–water partition coefficient (Wildman–Crippen LogP) is 4.35. The summed E-state index contributed by atoms with van der Waals surface area (Å²) in [5, 5.41) is 0.722. The molecule has 0 bridgehead atoms. The lowest BCUT2D eigenvalue weighted by atomic mass is 9.99. The Morgan fingerprint density at radius 2 is 2.00 bits per heavy atom. The van der Waals surface area contributed by atoms with Gasteiger partial charge in [0.25, 0.3) is 0 Å². The maximum absolute atomic E-state index is 6.26. The summed E-state index contributed by atoms with van der Waals surface area (Å²) >= 11 is 9.61. The second-order valence-electron chi connectivity index (χ2n) is 4.29.